The molecule has 3 amide bonds. The van der Waals surface area contributed by atoms with Gasteiger partial charge in [0.2, 0.25) is 17.7 Å². The fourth-order valence-electron chi connectivity index (χ4n) is 2.28. The standard InChI is InChI=1S/C19H27N3O7S.C2H6/c1-12(26)14(7-23)21-19(29)16(9-25)22-18(28)15(8-24)20-17(27)11-30-10-13-5-3-2-4-6-13;1-2/h2-6,14-16,23-25H,7-11H2,1H3,(H,20,27)(H,21,29)(H,22,28);1-2H3/t14?,15?,16-;/m1./s1. The fourth-order valence-corrected chi connectivity index (χ4v) is 3.08. The zero-order valence-electron chi connectivity index (χ0n) is 18.5. The van der Waals surface area contributed by atoms with Crippen LogP contribution in [-0.4, -0.2) is 82.5 Å². The Kier molecular flexibility index (Phi) is 15.8. The monoisotopic (exact) mass is 471 g/mol. The molecule has 0 saturated heterocycles. The van der Waals surface area contributed by atoms with Crippen LogP contribution in [0.15, 0.2) is 30.3 Å². The van der Waals surface area contributed by atoms with Gasteiger partial charge < -0.3 is 31.3 Å². The van der Waals surface area contributed by atoms with E-state index >= 15 is 0 Å². The minimum absolute atomic E-state index is 0.0549. The maximum absolute atomic E-state index is 12.3. The number of benzene rings is 1. The normalized spacial score (nSPS) is 12.9. The second-order valence-corrected chi connectivity index (χ2v) is 7.36. The lowest BCUT2D eigenvalue weighted by atomic mass is 10.2. The van der Waals surface area contributed by atoms with Crippen LogP contribution >= 0.6 is 11.8 Å². The highest BCUT2D eigenvalue weighted by atomic mass is 32.2. The molecule has 0 aliphatic rings. The van der Waals surface area contributed by atoms with E-state index in [-0.39, 0.29) is 5.75 Å². The van der Waals surface area contributed by atoms with Gasteiger partial charge in [0.25, 0.3) is 0 Å². The molecule has 3 atom stereocenters. The van der Waals surface area contributed by atoms with E-state index in [2.05, 4.69) is 16.0 Å². The summed E-state index contributed by atoms with van der Waals surface area (Å²) < 4.78 is 0. The van der Waals surface area contributed by atoms with Crippen molar-refractivity contribution in [2.24, 2.45) is 0 Å². The Morgan fingerprint density at radius 2 is 1.28 bits per heavy atom. The van der Waals surface area contributed by atoms with E-state index in [4.69, 9.17) is 5.11 Å². The van der Waals surface area contributed by atoms with Gasteiger partial charge >= 0.3 is 0 Å². The maximum atomic E-state index is 12.3. The van der Waals surface area contributed by atoms with Crippen molar-refractivity contribution >= 4 is 35.3 Å². The lowest BCUT2D eigenvalue weighted by molar-refractivity contribution is -0.134. The summed E-state index contributed by atoms with van der Waals surface area (Å²) in [6.07, 6.45) is 0. The molecule has 0 spiro atoms. The third kappa shape index (κ3) is 11.2. The van der Waals surface area contributed by atoms with E-state index in [1.54, 1.807) is 0 Å². The minimum atomic E-state index is -1.43. The predicted octanol–water partition coefficient (Wildman–Crippen LogP) is -1.03. The highest BCUT2D eigenvalue weighted by Gasteiger charge is 2.27. The van der Waals surface area contributed by atoms with Gasteiger partial charge in [0.1, 0.15) is 18.1 Å². The number of ketones is 1. The smallest absolute Gasteiger partial charge is 0.245 e. The molecular formula is C21H33N3O7S. The van der Waals surface area contributed by atoms with Gasteiger partial charge in [-0.3, -0.25) is 19.2 Å². The van der Waals surface area contributed by atoms with E-state index < -0.39 is 61.5 Å². The Bertz CT molecular complexity index is 719. The molecule has 6 N–H and O–H groups in total. The van der Waals surface area contributed by atoms with Gasteiger partial charge in [-0.1, -0.05) is 44.2 Å². The average Bonchev–Trinajstić information content (AvgIpc) is 2.80. The third-order valence-electron chi connectivity index (χ3n) is 3.98. The molecule has 0 aliphatic carbocycles. The van der Waals surface area contributed by atoms with Crippen LogP contribution in [0.1, 0.15) is 26.3 Å². The predicted molar refractivity (Wildman–Crippen MR) is 122 cm³/mol. The van der Waals surface area contributed by atoms with Gasteiger partial charge in [-0.2, -0.15) is 0 Å². The molecule has 2 unspecified atom stereocenters. The molecule has 1 aromatic rings. The molecule has 0 fully saturated rings. The van der Waals surface area contributed by atoms with Crippen LogP contribution in [-0.2, 0) is 24.9 Å². The van der Waals surface area contributed by atoms with E-state index in [9.17, 15) is 29.4 Å². The van der Waals surface area contributed by atoms with Crippen LogP contribution in [0.2, 0.25) is 0 Å². The summed E-state index contributed by atoms with van der Waals surface area (Å²) >= 11 is 1.33. The van der Waals surface area contributed by atoms with Crippen molar-refractivity contribution in [3.05, 3.63) is 35.9 Å². The van der Waals surface area contributed by atoms with E-state index in [0.717, 1.165) is 5.56 Å². The number of hydrogen-bond acceptors (Lipinski definition) is 8. The molecule has 1 aromatic carbocycles. The summed E-state index contributed by atoms with van der Waals surface area (Å²) in [6, 6.07) is 5.57. The van der Waals surface area contributed by atoms with Gasteiger partial charge in [-0.05, 0) is 12.5 Å². The second-order valence-electron chi connectivity index (χ2n) is 6.38. The topological polar surface area (TPSA) is 165 Å². The molecule has 0 saturated carbocycles. The second kappa shape index (κ2) is 17.1. The summed E-state index contributed by atoms with van der Waals surface area (Å²) in [6.45, 7) is 3.03. The maximum Gasteiger partial charge on any atom is 0.245 e. The van der Waals surface area contributed by atoms with Crippen molar-refractivity contribution in [3.63, 3.8) is 0 Å². The first-order valence-electron chi connectivity index (χ1n) is 10.2. The molecule has 0 aromatic heterocycles. The zero-order valence-corrected chi connectivity index (χ0v) is 19.4. The van der Waals surface area contributed by atoms with Crippen molar-refractivity contribution < 1.29 is 34.5 Å². The summed E-state index contributed by atoms with van der Waals surface area (Å²) in [5.74, 6) is -2.09. The first kappa shape index (κ1) is 29.5. The van der Waals surface area contributed by atoms with Crippen LogP contribution in [0, 0.1) is 0 Å². The number of carbonyl (C=O) groups is 4. The summed E-state index contributed by atoms with van der Waals surface area (Å²) in [4.78, 5) is 47.7. The Labute approximate surface area is 192 Å². The number of Topliss-reactive ketones (excluding diaryl/α,β-unsaturated/α-hetero) is 1. The molecule has 0 radical (unpaired) electrons. The van der Waals surface area contributed by atoms with Crippen molar-refractivity contribution in [2.45, 2.75) is 44.6 Å². The van der Waals surface area contributed by atoms with Crippen LogP contribution in [0.3, 0.4) is 0 Å². The average molecular weight is 472 g/mol. The lowest BCUT2D eigenvalue weighted by Crippen LogP contribution is -2.58. The number of nitrogens with one attached hydrogen (secondary N) is 3. The lowest BCUT2D eigenvalue weighted by Gasteiger charge is -2.22. The first-order chi connectivity index (χ1) is 15.3. The number of hydrogen-bond donors (Lipinski definition) is 6. The molecule has 180 valence electrons. The van der Waals surface area contributed by atoms with Gasteiger partial charge in [-0.15, -0.1) is 11.8 Å². The number of amides is 3. The van der Waals surface area contributed by atoms with Gasteiger partial charge in [-0.25, -0.2) is 0 Å². The third-order valence-corrected chi connectivity index (χ3v) is 4.99. The molecule has 11 heteroatoms. The van der Waals surface area contributed by atoms with E-state index in [1.165, 1.54) is 18.7 Å². The van der Waals surface area contributed by atoms with Crippen molar-refractivity contribution in [3.8, 4) is 0 Å². The molecule has 1 rings (SSSR count). The number of thioether (sulfide) groups is 1. The quantitative estimate of drug-likeness (QED) is 0.212. The summed E-state index contributed by atoms with van der Waals surface area (Å²) in [5, 5.41) is 34.6. The number of rotatable bonds is 13. The molecule has 0 aliphatic heterocycles. The van der Waals surface area contributed by atoms with E-state index in [0.29, 0.717) is 5.75 Å². The molecule has 32 heavy (non-hydrogen) atoms. The Balaban J connectivity index is 0.00000466. The molecule has 0 heterocycles. The fraction of sp³-hybridized carbons (Fsp3) is 0.524. The van der Waals surface area contributed by atoms with Crippen LogP contribution in [0.25, 0.3) is 0 Å². The number of aliphatic hydroxyl groups is 3. The first-order valence-corrected chi connectivity index (χ1v) is 11.3. The van der Waals surface area contributed by atoms with Gasteiger partial charge in [0.05, 0.1) is 25.6 Å². The highest BCUT2D eigenvalue weighted by Crippen LogP contribution is 2.11. The molecular weight excluding hydrogens is 438 g/mol. The molecule has 0 bridgehead atoms. The highest BCUT2D eigenvalue weighted by molar-refractivity contribution is 7.99. The van der Waals surface area contributed by atoms with Crippen LogP contribution in [0.4, 0.5) is 0 Å². The van der Waals surface area contributed by atoms with Crippen molar-refractivity contribution in [1.82, 2.24) is 16.0 Å². The molecule has 10 nitrogen and oxygen atoms in total. The summed E-state index contributed by atoms with van der Waals surface area (Å²) in [7, 11) is 0. The number of aliphatic hydroxyl groups excluding tert-OH is 3. The zero-order chi connectivity index (χ0) is 24.5. The SMILES string of the molecule is CC.CC(=O)C(CO)NC(=O)[C@@H](CO)NC(=O)C(CO)NC(=O)CSCc1ccccc1. The number of carbonyl (C=O) groups excluding carboxylic acids is 4. The van der Waals surface area contributed by atoms with Gasteiger partial charge in [0.15, 0.2) is 5.78 Å². The van der Waals surface area contributed by atoms with Gasteiger partial charge in [0, 0.05) is 5.75 Å². The Hall–Kier alpha value is -2.47. The minimum Gasteiger partial charge on any atom is -0.394 e. The van der Waals surface area contributed by atoms with Crippen LogP contribution in [0.5, 0.6) is 0 Å². The Morgan fingerprint density at radius 1 is 0.812 bits per heavy atom. The van der Waals surface area contributed by atoms with Crippen molar-refractivity contribution in [1.29, 1.82) is 0 Å². The van der Waals surface area contributed by atoms with Crippen LogP contribution < -0.4 is 16.0 Å². The van der Waals surface area contributed by atoms with E-state index in [1.807, 2.05) is 44.2 Å². The largest absolute Gasteiger partial charge is 0.394 e. The van der Waals surface area contributed by atoms with Crippen molar-refractivity contribution in [2.75, 3.05) is 25.6 Å². The Morgan fingerprint density at radius 3 is 1.75 bits per heavy atom. The summed E-state index contributed by atoms with van der Waals surface area (Å²) in [5.41, 5.74) is 1.04.